The molecule has 1 atom stereocenters. The predicted octanol–water partition coefficient (Wildman–Crippen LogP) is 6.75. The zero-order valence-corrected chi connectivity index (χ0v) is 39.7. The van der Waals surface area contributed by atoms with E-state index < -0.39 is 58.0 Å². The lowest BCUT2D eigenvalue weighted by atomic mass is 10.0. The average Bonchev–Trinajstić information content (AvgIpc) is 3.83. The van der Waals surface area contributed by atoms with Crippen LogP contribution >= 0.6 is 0 Å². The van der Waals surface area contributed by atoms with E-state index >= 15 is 0 Å². The smallest absolute Gasteiger partial charge is 0.417 e. The van der Waals surface area contributed by atoms with Gasteiger partial charge in [-0.3, -0.25) is 23.5 Å². The third-order valence-corrected chi connectivity index (χ3v) is 12.4. The van der Waals surface area contributed by atoms with E-state index in [1.165, 1.54) is 48.5 Å². The van der Waals surface area contributed by atoms with Crippen molar-refractivity contribution < 1.29 is 64.6 Å². The van der Waals surface area contributed by atoms with Gasteiger partial charge in [-0.1, -0.05) is 84.4 Å². The maximum atomic E-state index is 14.0. The predicted molar refractivity (Wildman–Crippen MR) is 259 cm³/mol. The van der Waals surface area contributed by atoms with E-state index in [0.29, 0.717) is 24.1 Å². The molecule has 4 aromatic carbocycles. The van der Waals surface area contributed by atoms with Crippen LogP contribution in [-0.4, -0.2) is 102 Å². The highest BCUT2D eigenvalue weighted by molar-refractivity contribution is 7.92. The molecule has 0 bridgehead atoms. The zero-order valence-electron chi connectivity index (χ0n) is 38.9. The Balaban J connectivity index is 0.912. The van der Waals surface area contributed by atoms with E-state index in [1.54, 1.807) is 36.4 Å². The summed E-state index contributed by atoms with van der Waals surface area (Å²) in [6, 6.07) is 29.2. The van der Waals surface area contributed by atoms with Crippen molar-refractivity contribution in [1.29, 1.82) is 0 Å². The van der Waals surface area contributed by atoms with Crippen LogP contribution in [0.5, 0.6) is 0 Å². The molecule has 1 heterocycles. The van der Waals surface area contributed by atoms with Gasteiger partial charge in [0.2, 0.25) is 23.6 Å². The SMILES string of the molecule is Cc1ccc(S(=O)(=O)N(CC(=O)NCCOCCC(=O)NCCOCCC(=O)N[C@@H](CCCCNC(=O)/C=C/c2ccc(-c3ccccc3C(F)(F)F)o2)C(=O)O)c2ccccc2-c2ccccc2)cc1. The quantitative estimate of drug-likeness (QED) is 0.0260. The molecule has 5 N–H and O–H groups in total. The van der Waals surface area contributed by atoms with Crippen molar-refractivity contribution in [1.82, 2.24) is 21.3 Å². The first-order valence-corrected chi connectivity index (χ1v) is 24.1. The Morgan fingerprint density at radius 3 is 2.00 bits per heavy atom. The number of sulfonamides is 1. The van der Waals surface area contributed by atoms with Crippen LogP contribution in [-0.2, 0) is 49.6 Å². The Kier molecular flexibility index (Phi) is 20.9. The molecular weight excluding hydrogens is 948 g/mol. The minimum atomic E-state index is -4.57. The van der Waals surface area contributed by atoms with Gasteiger partial charge in [-0.05, 0) is 74.2 Å². The molecule has 71 heavy (non-hydrogen) atoms. The monoisotopic (exact) mass is 1000 g/mol. The molecular formula is C51H56F3N5O11S. The number of unbranched alkanes of at least 4 members (excludes halogenated alkanes) is 1. The number of hydrogen-bond donors (Lipinski definition) is 5. The summed E-state index contributed by atoms with van der Waals surface area (Å²) in [4.78, 5) is 61.9. The summed E-state index contributed by atoms with van der Waals surface area (Å²) in [6.07, 6.45) is -1.36. The molecule has 4 amide bonds. The number of nitrogens with zero attached hydrogens (tertiary/aromatic N) is 1. The van der Waals surface area contributed by atoms with Gasteiger partial charge < -0.3 is 40.3 Å². The highest BCUT2D eigenvalue weighted by Gasteiger charge is 2.34. The number of benzene rings is 4. The normalized spacial score (nSPS) is 12.0. The molecule has 378 valence electrons. The highest BCUT2D eigenvalue weighted by atomic mass is 32.2. The van der Waals surface area contributed by atoms with E-state index in [4.69, 9.17) is 13.9 Å². The van der Waals surface area contributed by atoms with Gasteiger partial charge in [-0.2, -0.15) is 13.2 Å². The van der Waals surface area contributed by atoms with Gasteiger partial charge in [0.05, 0.1) is 42.6 Å². The van der Waals surface area contributed by atoms with Crippen LogP contribution in [0.2, 0.25) is 0 Å². The van der Waals surface area contributed by atoms with Crippen LogP contribution in [0.15, 0.2) is 131 Å². The van der Waals surface area contributed by atoms with Crippen molar-refractivity contribution in [2.75, 3.05) is 56.9 Å². The van der Waals surface area contributed by atoms with E-state index in [-0.39, 0.29) is 93.2 Å². The second kappa shape index (κ2) is 27.2. The Morgan fingerprint density at radius 2 is 1.32 bits per heavy atom. The van der Waals surface area contributed by atoms with Crippen LogP contribution < -0.4 is 25.6 Å². The Labute approximate surface area is 409 Å². The number of carbonyl (C=O) groups is 5. The van der Waals surface area contributed by atoms with Crippen LogP contribution in [0.25, 0.3) is 28.5 Å². The highest BCUT2D eigenvalue weighted by Crippen LogP contribution is 2.38. The molecule has 0 aliphatic heterocycles. The fourth-order valence-electron chi connectivity index (χ4n) is 6.98. The minimum Gasteiger partial charge on any atom is -0.480 e. The second-order valence-electron chi connectivity index (χ2n) is 16.0. The number of carbonyl (C=O) groups excluding carboxylic acids is 4. The van der Waals surface area contributed by atoms with Crippen molar-refractivity contribution in [2.24, 2.45) is 0 Å². The van der Waals surface area contributed by atoms with Crippen LogP contribution in [0.4, 0.5) is 18.9 Å². The number of aliphatic carboxylic acids is 1. The zero-order chi connectivity index (χ0) is 51.2. The third kappa shape index (κ3) is 17.6. The number of aryl methyl sites for hydroxylation is 1. The fourth-order valence-corrected chi connectivity index (χ4v) is 8.42. The fraction of sp³-hybridized carbons (Fsp3) is 0.314. The molecule has 0 aliphatic carbocycles. The van der Waals surface area contributed by atoms with Gasteiger partial charge in [-0.15, -0.1) is 0 Å². The number of rotatable bonds is 28. The van der Waals surface area contributed by atoms with Crippen molar-refractivity contribution in [3.8, 4) is 22.5 Å². The summed E-state index contributed by atoms with van der Waals surface area (Å²) in [5, 5.41) is 20.0. The molecule has 0 radical (unpaired) electrons. The summed E-state index contributed by atoms with van der Waals surface area (Å²) >= 11 is 0. The molecule has 20 heteroatoms. The molecule has 1 aromatic heterocycles. The van der Waals surface area contributed by atoms with Crippen LogP contribution in [0, 0.1) is 6.92 Å². The summed E-state index contributed by atoms with van der Waals surface area (Å²) in [5.74, 6) is -2.99. The summed E-state index contributed by atoms with van der Waals surface area (Å²) < 4.78 is 85.6. The maximum absolute atomic E-state index is 14.0. The van der Waals surface area contributed by atoms with Crippen molar-refractivity contribution >= 4 is 51.4 Å². The first kappa shape index (κ1) is 54.6. The molecule has 0 spiro atoms. The van der Waals surface area contributed by atoms with Gasteiger partial charge in [0.25, 0.3) is 10.0 Å². The van der Waals surface area contributed by atoms with E-state index in [9.17, 15) is 50.7 Å². The summed E-state index contributed by atoms with van der Waals surface area (Å²) in [6.45, 7) is 1.90. The van der Waals surface area contributed by atoms with Gasteiger partial charge in [0, 0.05) is 49.7 Å². The minimum absolute atomic E-state index is 0.00642. The van der Waals surface area contributed by atoms with Gasteiger partial charge in [0.15, 0.2) is 0 Å². The van der Waals surface area contributed by atoms with Crippen LogP contribution in [0.3, 0.4) is 0 Å². The van der Waals surface area contributed by atoms with E-state index in [2.05, 4.69) is 21.3 Å². The number of alkyl halides is 3. The molecule has 0 saturated heterocycles. The molecule has 0 aliphatic rings. The second-order valence-corrected chi connectivity index (χ2v) is 17.8. The standard InChI is InChI=1S/C51H56F3N5O11S/c1-36-18-22-39(23-19-36)71(66,67)59(44-17-8-6-13-40(44)37-11-3-2-4-12-37)35-49(63)57-30-34-68-31-26-47(61)56-29-33-69-32-27-48(62)58-43(50(64)65)16-9-10-28-55-46(60)25-21-38-20-24-45(70-38)41-14-5-7-15-42(41)51(52,53)54/h2-8,11-15,17-25,43H,9-10,16,26-35H2,1H3,(H,55,60)(H,56,61)(H,57,63)(H,58,62)(H,64,65)/b25-21+/t43-/m0/s1. The number of furan rings is 1. The van der Waals surface area contributed by atoms with Gasteiger partial charge in [0.1, 0.15) is 24.1 Å². The topological polar surface area (TPSA) is 223 Å². The van der Waals surface area contributed by atoms with Crippen molar-refractivity contribution in [3.05, 3.63) is 138 Å². The van der Waals surface area contributed by atoms with E-state index in [1.807, 2.05) is 37.3 Å². The number of carboxylic acids is 1. The average molecular weight is 1000 g/mol. The van der Waals surface area contributed by atoms with Crippen molar-refractivity contribution in [3.63, 3.8) is 0 Å². The first-order valence-electron chi connectivity index (χ1n) is 22.7. The lowest BCUT2D eigenvalue weighted by Crippen LogP contribution is -2.42. The van der Waals surface area contributed by atoms with E-state index in [0.717, 1.165) is 27.6 Å². The summed E-state index contributed by atoms with van der Waals surface area (Å²) in [7, 11) is -4.17. The van der Waals surface area contributed by atoms with Gasteiger partial charge >= 0.3 is 12.1 Å². The Morgan fingerprint density at radius 1 is 0.704 bits per heavy atom. The molecule has 16 nitrogen and oxygen atoms in total. The maximum Gasteiger partial charge on any atom is 0.417 e. The molecule has 5 rings (SSSR count). The first-order chi connectivity index (χ1) is 34.0. The number of ether oxygens (including phenoxy) is 2. The third-order valence-electron chi connectivity index (χ3n) is 10.6. The molecule has 0 saturated carbocycles. The number of hydrogen-bond acceptors (Lipinski definition) is 10. The van der Waals surface area contributed by atoms with Gasteiger partial charge in [-0.25, -0.2) is 13.2 Å². The van der Waals surface area contributed by atoms with Crippen molar-refractivity contribution in [2.45, 2.75) is 56.1 Å². The Bertz CT molecular complexity index is 2700. The molecule has 0 unspecified atom stereocenters. The largest absolute Gasteiger partial charge is 0.480 e. The number of halogens is 3. The lowest BCUT2D eigenvalue weighted by molar-refractivity contribution is -0.142. The molecule has 5 aromatic rings. The number of nitrogens with one attached hydrogen (secondary N) is 4. The number of anilines is 1. The Hall–Kier alpha value is -7.29. The summed E-state index contributed by atoms with van der Waals surface area (Å²) in [5.41, 5.74) is 1.65. The number of amides is 4. The lowest BCUT2D eigenvalue weighted by Gasteiger charge is -2.26. The van der Waals surface area contributed by atoms with Crippen LogP contribution in [0.1, 0.15) is 49.0 Å². The molecule has 0 fully saturated rings. The number of carboxylic acid groups (broad SMARTS) is 1. The number of para-hydroxylation sites is 1.